The molecule has 0 radical (unpaired) electrons. The zero-order chi connectivity index (χ0) is 40.0. The van der Waals surface area contributed by atoms with Crippen LogP contribution < -0.4 is 5.32 Å². The minimum absolute atomic E-state index is 0.108. The van der Waals surface area contributed by atoms with E-state index in [1.165, 1.54) is 116 Å². The van der Waals surface area contributed by atoms with Crippen LogP contribution in [0.5, 0.6) is 0 Å². The van der Waals surface area contributed by atoms with Crippen molar-refractivity contribution in [2.24, 2.45) is 0 Å². The second-order valence-corrected chi connectivity index (χ2v) is 15.4. The van der Waals surface area contributed by atoms with Crippen molar-refractivity contribution in [1.29, 1.82) is 0 Å². The van der Waals surface area contributed by atoms with Gasteiger partial charge < -0.3 is 15.5 Å². The van der Waals surface area contributed by atoms with Gasteiger partial charge in [0.05, 0.1) is 18.8 Å². The highest BCUT2D eigenvalue weighted by atomic mass is 16.3. The lowest BCUT2D eigenvalue weighted by atomic mass is 10.0. The summed E-state index contributed by atoms with van der Waals surface area (Å²) in [5.74, 6) is -0.108. The Hall–Kier alpha value is -2.43. The molecule has 3 N–H and O–H groups in total. The first-order valence-corrected chi connectivity index (χ1v) is 23.3. The van der Waals surface area contributed by atoms with Crippen molar-refractivity contribution >= 4 is 5.91 Å². The van der Waals surface area contributed by atoms with Crippen LogP contribution in [0.25, 0.3) is 0 Å². The van der Waals surface area contributed by atoms with E-state index in [2.05, 4.69) is 92.1 Å². The summed E-state index contributed by atoms with van der Waals surface area (Å²) in [5.41, 5.74) is 0. The van der Waals surface area contributed by atoms with E-state index >= 15 is 0 Å². The average molecular weight is 764 g/mol. The Morgan fingerprint density at radius 1 is 0.455 bits per heavy atom. The van der Waals surface area contributed by atoms with Gasteiger partial charge in [-0.05, 0) is 77.0 Å². The minimum atomic E-state index is -0.882. The normalized spacial score (nSPS) is 13.7. The Balaban J connectivity index is 3.67. The summed E-state index contributed by atoms with van der Waals surface area (Å²) >= 11 is 0. The Bertz CT molecular complexity index is 1000. The van der Waals surface area contributed by atoms with E-state index in [1.54, 1.807) is 6.08 Å². The van der Waals surface area contributed by atoms with Crippen molar-refractivity contribution in [3.63, 3.8) is 0 Å². The first kappa shape index (κ1) is 52.6. The summed E-state index contributed by atoms with van der Waals surface area (Å²) in [5, 5.41) is 23.0. The van der Waals surface area contributed by atoms with Gasteiger partial charge in [0.25, 0.3) is 0 Å². The highest BCUT2D eigenvalue weighted by Crippen LogP contribution is 2.15. The Kier molecular flexibility index (Phi) is 43.9. The number of carbonyl (C=O) groups is 1. The maximum Gasteiger partial charge on any atom is 0.220 e. The molecule has 0 spiro atoms. The van der Waals surface area contributed by atoms with E-state index < -0.39 is 12.1 Å². The van der Waals surface area contributed by atoms with Crippen LogP contribution in [-0.2, 0) is 4.79 Å². The molecule has 2 atom stereocenters. The number of hydrogen-bond acceptors (Lipinski definition) is 3. The van der Waals surface area contributed by atoms with Crippen molar-refractivity contribution in [3.8, 4) is 0 Å². The summed E-state index contributed by atoms with van der Waals surface area (Å²) in [4.78, 5) is 12.4. The van der Waals surface area contributed by atoms with Gasteiger partial charge >= 0.3 is 0 Å². The van der Waals surface area contributed by atoms with Gasteiger partial charge in [0.2, 0.25) is 5.91 Å². The second kappa shape index (κ2) is 46.0. The van der Waals surface area contributed by atoms with E-state index in [4.69, 9.17) is 0 Å². The summed E-state index contributed by atoms with van der Waals surface area (Å²) in [7, 11) is 0. The number of aliphatic hydroxyl groups excluding tert-OH is 2. The quantitative estimate of drug-likeness (QED) is 0.0429. The van der Waals surface area contributed by atoms with Crippen molar-refractivity contribution in [1.82, 2.24) is 5.32 Å². The molecular formula is C51H89NO3. The topological polar surface area (TPSA) is 69.6 Å². The van der Waals surface area contributed by atoms with Crippen molar-refractivity contribution in [2.45, 2.75) is 225 Å². The molecule has 0 saturated carbocycles. The maximum absolute atomic E-state index is 12.4. The van der Waals surface area contributed by atoms with Crippen LogP contribution in [0.4, 0.5) is 0 Å². The maximum atomic E-state index is 12.4. The van der Waals surface area contributed by atoms with Crippen LogP contribution in [-0.4, -0.2) is 34.9 Å². The predicted octanol–water partition coefficient (Wildman–Crippen LogP) is 14.9. The highest BCUT2D eigenvalue weighted by Gasteiger charge is 2.17. The molecule has 1 amide bonds. The van der Waals surface area contributed by atoms with Crippen LogP contribution in [0.15, 0.2) is 85.1 Å². The molecule has 4 heteroatoms. The van der Waals surface area contributed by atoms with E-state index in [1.807, 2.05) is 6.08 Å². The van der Waals surface area contributed by atoms with Gasteiger partial charge in [-0.2, -0.15) is 0 Å². The van der Waals surface area contributed by atoms with Crippen molar-refractivity contribution in [3.05, 3.63) is 85.1 Å². The summed E-state index contributed by atoms with van der Waals surface area (Å²) in [6.45, 7) is 4.17. The Labute approximate surface area is 341 Å². The van der Waals surface area contributed by atoms with Gasteiger partial charge in [-0.1, -0.05) is 214 Å². The molecule has 0 rings (SSSR count). The summed E-state index contributed by atoms with van der Waals surface area (Å²) in [6.07, 6.45) is 67.0. The number of allylic oxidation sites excluding steroid dienone is 13. The van der Waals surface area contributed by atoms with Crippen LogP contribution >= 0.6 is 0 Å². The molecule has 55 heavy (non-hydrogen) atoms. The van der Waals surface area contributed by atoms with Crippen molar-refractivity contribution in [2.75, 3.05) is 6.61 Å². The Morgan fingerprint density at radius 2 is 0.818 bits per heavy atom. The molecule has 4 nitrogen and oxygen atoms in total. The smallest absolute Gasteiger partial charge is 0.220 e. The SMILES string of the molecule is CC/C=C\C/C=C\C/C=C\C/C=C\C/C=C\CCCCCC(=O)NC(CO)C(O)/C=C/CC/C=C/CCCCCCCCCCCCCCCCCCCC. The number of amides is 1. The van der Waals surface area contributed by atoms with Crippen LogP contribution in [0, 0.1) is 0 Å². The molecule has 316 valence electrons. The molecule has 0 aromatic heterocycles. The fraction of sp³-hybridized carbons (Fsp3) is 0.706. The van der Waals surface area contributed by atoms with Crippen LogP contribution in [0.1, 0.15) is 213 Å². The molecule has 0 aromatic rings. The molecule has 0 heterocycles. The third kappa shape index (κ3) is 42.6. The molecule has 0 saturated heterocycles. The van der Waals surface area contributed by atoms with Gasteiger partial charge in [-0.15, -0.1) is 0 Å². The number of rotatable bonds is 41. The molecule has 0 aromatic carbocycles. The number of carbonyl (C=O) groups excluding carboxylic acids is 1. The molecule has 0 aliphatic heterocycles. The van der Waals surface area contributed by atoms with Crippen molar-refractivity contribution < 1.29 is 15.0 Å². The van der Waals surface area contributed by atoms with E-state index in [9.17, 15) is 15.0 Å². The molecular weight excluding hydrogens is 675 g/mol. The first-order chi connectivity index (χ1) is 27.2. The summed E-state index contributed by atoms with van der Waals surface area (Å²) < 4.78 is 0. The lowest BCUT2D eigenvalue weighted by Crippen LogP contribution is -2.45. The molecule has 0 fully saturated rings. The molecule has 0 aliphatic carbocycles. The van der Waals surface area contributed by atoms with E-state index in [0.717, 1.165) is 77.0 Å². The zero-order valence-corrected chi connectivity index (χ0v) is 36.2. The largest absolute Gasteiger partial charge is 0.394 e. The second-order valence-electron chi connectivity index (χ2n) is 15.4. The minimum Gasteiger partial charge on any atom is -0.394 e. The van der Waals surface area contributed by atoms with E-state index in [0.29, 0.717) is 6.42 Å². The average Bonchev–Trinajstić information content (AvgIpc) is 3.19. The third-order valence-electron chi connectivity index (χ3n) is 10.1. The fourth-order valence-electron chi connectivity index (χ4n) is 6.57. The van der Waals surface area contributed by atoms with E-state index in [-0.39, 0.29) is 12.5 Å². The van der Waals surface area contributed by atoms with Crippen LogP contribution in [0.3, 0.4) is 0 Å². The summed E-state index contributed by atoms with van der Waals surface area (Å²) in [6, 6.07) is -0.662. The first-order valence-electron chi connectivity index (χ1n) is 23.3. The zero-order valence-electron chi connectivity index (χ0n) is 36.2. The van der Waals surface area contributed by atoms with Gasteiger partial charge in [0.15, 0.2) is 0 Å². The van der Waals surface area contributed by atoms with Gasteiger partial charge in [0, 0.05) is 6.42 Å². The number of unbranched alkanes of at least 4 members (excludes halogenated alkanes) is 22. The van der Waals surface area contributed by atoms with Gasteiger partial charge in [0.1, 0.15) is 0 Å². The van der Waals surface area contributed by atoms with Crippen LogP contribution in [0.2, 0.25) is 0 Å². The van der Waals surface area contributed by atoms with Gasteiger partial charge in [-0.3, -0.25) is 4.79 Å². The fourth-order valence-corrected chi connectivity index (χ4v) is 6.57. The Morgan fingerprint density at radius 3 is 1.27 bits per heavy atom. The molecule has 0 bridgehead atoms. The number of nitrogens with one attached hydrogen (secondary N) is 1. The highest BCUT2D eigenvalue weighted by molar-refractivity contribution is 5.76. The number of hydrogen-bond donors (Lipinski definition) is 3. The molecule has 2 unspecified atom stereocenters. The lowest BCUT2D eigenvalue weighted by Gasteiger charge is -2.19. The third-order valence-corrected chi connectivity index (χ3v) is 10.1. The predicted molar refractivity (Wildman–Crippen MR) is 243 cm³/mol. The molecule has 0 aliphatic rings. The lowest BCUT2D eigenvalue weighted by molar-refractivity contribution is -0.123. The van der Waals surface area contributed by atoms with Gasteiger partial charge in [-0.25, -0.2) is 0 Å². The standard InChI is InChI=1S/C51H89NO3/c1-3-5-7-9-11-13-15-17-19-21-23-24-25-26-27-29-30-32-34-36-38-40-42-44-46-50(54)49(48-53)52-51(55)47-45-43-41-39-37-35-33-31-28-22-20-18-16-14-12-10-8-6-4-2/h6,8,12,14,18,20,28,31,35-38,44,46,49-50,53-54H,3-5,7,9-11,13,15-17,19,21-27,29-30,32-34,39-43,45,47-48H2,1-2H3,(H,52,55)/b8-6-,14-12-,20-18-,31-28-,37-35-,38-36+,46-44+. The monoisotopic (exact) mass is 764 g/mol. The number of aliphatic hydroxyl groups is 2.